The monoisotopic (exact) mass is 244 g/mol. The Bertz CT molecular complexity index is 158. The van der Waals surface area contributed by atoms with Crippen LogP contribution in [-0.2, 0) is 11.8 Å². The van der Waals surface area contributed by atoms with Crippen molar-refractivity contribution in [2.45, 2.75) is 37.4 Å². The number of thiol groups is 2. The van der Waals surface area contributed by atoms with Gasteiger partial charge in [0.1, 0.15) is 3.64 Å². The van der Waals surface area contributed by atoms with Gasteiger partial charge in [0.2, 0.25) is 0 Å². The van der Waals surface area contributed by atoms with Crippen LogP contribution in [0.3, 0.4) is 0 Å². The van der Waals surface area contributed by atoms with Crippen molar-refractivity contribution >= 4 is 51.3 Å². The number of hydrogen-bond acceptors (Lipinski definition) is 2. The van der Waals surface area contributed by atoms with E-state index in [-0.39, 0.29) is 0 Å². The maximum Gasteiger partial charge on any atom is 0.103 e. The molecule has 1 aliphatic rings. The third-order valence-corrected chi connectivity index (χ3v) is 7.07. The van der Waals surface area contributed by atoms with Crippen molar-refractivity contribution in [2.24, 2.45) is 0 Å². The van der Waals surface area contributed by atoms with Crippen LogP contribution in [0, 0.1) is 0 Å². The second kappa shape index (κ2) is 4.80. The molecule has 0 nitrogen and oxygen atoms in total. The lowest BCUT2D eigenvalue weighted by atomic mass is 10.0. The van der Waals surface area contributed by atoms with Crippen molar-refractivity contribution in [1.29, 1.82) is 0 Å². The topological polar surface area (TPSA) is 0 Å². The molecule has 1 fully saturated rings. The molecule has 0 aromatic carbocycles. The van der Waals surface area contributed by atoms with Gasteiger partial charge in [0.15, 0.2) is 0 Å². The molecule has 0 aromatic heterocycles. The molecule has 1 aliphatic carbocycles. The van der Waals surface area contributed by atoms with Gasteiger partial charge >= 0.3 is 0 Å². The molecule has 0 aromatic rings. The Labute approximate surface area is 88.4 Å². The second-order valence-corrected chi connectivity index (χ2v) is 17.1. The van der Waals surface area contributed by atoms with E-state index in [0.717, 1.165) is 5.25 Å². The van der Waals surface area contributed by atoms with Gasteiger partial charge in [0.05, 0.1) is 0 Å². The first-order chi connectivity index (χ1) is 5.08. The van der Waals surface area contributed by atoms with Gasteiger partial charge < -0.3 is 0 Å². The van der Waals surface area contributed by atoms with Crippen LogP contribution in [0.25, 0.3) is 0 Å². The Morgan fingerprint density at radius 3 is 2.18 bits per heavy atom. The van der Waals surface area contributed by atoms with E-state index in [1.54, 1.807) is 0 Å². The maximum atomic E-state index is 5.17. The summed E-state index contributed by atoms with van der Waals surface area (Å²) in [7, 11) is 0. The van der Waals surface area contributed by atoms with Gasteiger partial charge in [-0.15, -0.1) is 35.9 Å². The van der Waals surface area contributed by atoms with Crippen LogP contribution < -0.4 is 0 Å². The molecule has 0 atom stereocenters. The molecule has 0 bridgehead atoms. The molecule has 66 valence electrons. The molecule has 0 radical (unpaired) electrons. The smallest absolute Gasteiger partial charge is 0.103 e. The van der Waals surface area contributed by atoms with E-state index in [4.69, 9.17) is 11.8 Å². The molecule has 0 heterocycles. The summed E-state index contributed by atoms with van der Waals surface area (Å²) in [5.41, 5.74) is 0. The van der Waals surface area contributed by atoms with E-state index in [2.05, 4.69) is 24.5 Å². The normalized spacial score (nSPS) is 22.0. The zero-order chi connectivity index (χ0) is 8.32. The van der Waals surface area contributed by atoms with Gasteiger partial charge in [0.25, 0.3) is 0 Å². The highest BCUT2D eigenvalue weighted by atomic mass is 33.5. The standard InChI is InChI=1S/C6H13PS4/c8-7(9,10)11-6-4-2-1-3-5-6/h6H,1-5H2,(H2,8,9,10). The van der Waals surface area contributed by atoms with Gasteiger partial charge in [-0.3, -0.25) is 0 Å². The van der Waals surface area contributed by atoms with Gasteiger partial charge in [-0.05, 0) is 12.8 Å². The summed E-state index contributed by atoms with van der Waals surface area (Å²) in [5, 5.41) is 0.754. The Balaban J connectivity index is 2.30. The minimum atomic E-state index is -1.60. The van der Waals surface area contributed by atoms with Crippen LogP contribution in [0.2, 0.25) is 0 Å². The summed E-state index contributed by atoms with van der Waals surface area (Å²) < 4.78 is -1.60. The predicted molar refractivity (Wildman–Crippen MR) is 66.7 cm³/mol. The highest BCUT2D eigenvalue weighted by Gasteiger charge is 2.18. The number of hydrogen-bond donors (Lipinski definition) is 2. The highest BCUT2D eigenvalue weighted by Crippen LogP contribution is 2.69. The average Bonchev–Trinajstić information content (AvgIpc) is 1.85. The lowest BCUT2D eigenvalue weighted by molar-refractivity contribution is 0.517. The average molecular weight is 244 g/mol. The minimum Gasteiger partial charge on any atom is -0.122 e. The Morgan fingerprint density at radius 2 is 1.73 bits per heavy atom. The van der Waals surface area contributed by atoms with Crippen LogP contribution in [0.4, 0.5) is 0 Å². The van der Waals surface area contributed by atoms with Crippen molar-refractivity contribution in [3.63, 3.8) is 0 Å². The first-order valence-electron chi connectivity index (χ1n) is 3.82. The Morgan fingerprint density at radius 1 is 1.18 bits per heavy atom. The van der Waals surface area contributed by atoms with Crippen LogP contribution in [-0.4, -0.2) is 5.25 Å². The summed E-state index contributed by atoms with van der Waals surface area (Å²) in [5.74, 6) is 0. The Hall–Kier alpha value is 1.70. The molecule has 5 heteroatoms. The fourth-order valence-electron chi connectivity index (χ4n) is 1.36. The lowest BCUT2D eigenvalue weighted by Gasteiger charge is -2.23. The van der Waals surface area contributed by atoms with Crippen LogP contribution in [0.5, 0.6) is 0 Å². The molecule has 0 saturated heterocycles. The van der Waals surface area contributed by atoms with Crippen molar-refractivity contribution in [1.82, 2.24) is 0 Å². The third kappa shape index (κ3) is 5.09. The van der Waals surface area contributed by atoms with Crippen LogP contribution in [0.15, 0.2) is 0 Å². The summed E-state index contributed by atoms with van der Waals surface area (Å²) >= 11 is 15.6. The van der Waals surface area contributed by atoms with Crippen LogP contribution >= 0.6 is 39.5 Å². The first-order valence-corrected chi connectivity index (χ1v) is 10.4. The van der Waals surface area contributed by atoms with Crippen LogP contribution in [0.1, 0.15) is 32.1 Å². The summed E-state index contributed by atoms with van der Waals surface area (Å²) in [6, 6.07) is 0. The van der Waals surface area contributed by atoms with Gasteiger partial charge in [-0.2, -0.15) is 0 Å². The van der Waals surface area contributed by atoms with E-state index in [0.29, 0.717) is 0 Å². The predicted octanol–water partition coefficient (Wildman–Crippen LogP) is 4.14. The van der Waals surface area contributed by atoms with E-state index < -0.39 is 3.64 Å². The molecule has 0 unspecified atom stereocenters. The summed E-state index contributed by atoms with van der Waals surface area (Å²) in [4.78, 5) is 0. The molecule has 1 saturated carbocycles. The van der Waals surface area contributed by atoms with E-state index >= 15 is 0 Å². The lowest BCUT2D eigenvalue weighted by Crippen LogP contribution is -2.06. The van der Waals surface area contributed by atoms with E-state index in [9.17, 15) is 0 Å². The third-order valence-electron chi connectivity index (χ3n) is 1.84. The number of rotatable bonds is 2. The fourth-order valence-corrected chi connectivity index (χ4v) is 7.59. The largest absolute Gasteiger partial charge is 0.122 e. The van der Waals surface area contributed by atoms with E-state index in [1.165, 1.54) is 32.1 Å². The van der Waals surface area contributed by atoms with E-state index in [1.807, 2.05) is 11.4 Å². The minimum absolute atomic E-state index is 0.754. The molecular weight excluding hydrogens is 231 g/mol. The SMILES string of the molecule is S=P(S)(S)SC1CCCCC1. The maximum absolute atomic E-state index is 5.17. The second-order valence-electron chi connectivity index (χ2n) is 2.86. The summed E-state index contributed by atoms with van der Waals surface area (Å²) in [6.07, 6.45) is 6.79. The molecule has 0 N–H and O–H groups in total. The highest BCUT2D eigenvalue weighted by molar-refractivity contribution is 9.17. The zero-order valence-corrected chi connectivity index (χ0v) is 10.6. The van der Waals surface area contributed by atoms with Crippen molar-refractivity contribution in [3.05, 3.63) is 0 Å². The molecule has 11 heavy (non-hydrogen) atoms. The van der Waals surface area contributed by atoms with Gasteiger partial charge in [-0.1, -0.05) is 31.1 Å². The summed E-state index contributed by atoms with van der Waals surface area (Å²) in [6.45, 7) is 0. The quantitative estimate of drug-likeness (QED) is 0.553. The Kier molecular flexibility index (Phi) is 4.71. The molecule has 0 spiro atoms. The molecular formula is C6H13PS4. The molecule has 0 aliphatic heterocycles. The zero-order valence-electron chi connectivity index (χ0n) is 6.27. The van der Waals surface area contributed by atoms with Crippen molar-refractivity contribution < 1.29 is 0 Å². The molecule has 0 amide bonds. The van der Waals surface area contributed by atoms with Gasteiger partial charge in [-0.25, -0.2) is 0 Å². The fraction of sp³-hybridized carbons (Fsp3) is 1.00. The first kappa shape index (κ1) is 10.8. The van der Waals surface area contributed by atoms with Gasteiger partial charge in [0, 0.05) is 5.25 Å². The molecule has 1 rings (SSSR count). The van der Waals surface area contributed by atoms with Crippen molar-refractivity contribution in [3.8, 4) is 0 Å². The van der Waals surface area contributed by atoms with Crippen molar-refractivity contribution in [2.75, 3.05) is 0 Å².